The fourth-order valence-electron chi connectivity index (χ4n) is 2.93. The minimum atomic E-state index is -0.383. The van der Waals surface area contributed by atoms with Gasteiger partial charge in [-0.25, -0.2) is 9.37 Å². The second-order valence-corrected chi connectivity index (χ2v) is 6.37. The van der Waals surface area contributed by atoms with E-state index in [9.17, 15) is 9.18 Å². The smallest absolute Gasteiger partial charge is 0.287 e. The van der Waals surface area contributed by atoms with Crippen LogP contribution in [0, 0.1) is 5.82 Å². The zero-order valence-electron chi connectivity index (χ0n) is 14.2. The van der Waals surface area contributed by atoms with Crippen LogP contribution in [-0.4, -0.2) is 15.5 Å². The molecule has 0 bridgehead atoms. The normalized spacial score (nSPS) is 11.0. The number of fused-ring (bicyclic) bond motifs is 1. The molecule has 0 aliphatic carbocycles. The minimum absolute atomic E-state index is 0.167. The zero-order chi connectivity index (χ0) is 18.8. The SMILES string of the molecule is O=C(NCc1nc2ccccc2n1Cc1c(F)cccc1Cl)c1ccco1. The van der Waals surface area contributed by atoms with Gasteiger partial charge >= 0.3 is 0 Å². The van der Waals surface area contributed by atoms with E-state index in [-0.39, 0.29) is 30.6 Å². The molecule has 5 nitrogen and oxygen atoms in total. The summed E-state index contributed by atoms with van der Waals surface area (Å²) in [6.07, 6.45) is 1.43. The maximum Gasteiger partial charge on any atom is 0.287 e. The number of nitrogens with one attached hydrogen (secondary N) is 1. The molecular formula is C20H15ClFN3O2. The summed E-state index contributed by atoms with van der Waals surface area (Å²) in [7, 11) is 0. The third kappa shape index (κ3) is 3.44. The average Bonchev–Trinajstić information content (AvgIpc) is 3.31. The number of furan rings is 1. The standard InChI is InChI=1S/C20H15ClFN3O2/c21-14-5-3-6-15(22)13(14)12-25-17-8-2-1-7-16(17)24-19(25)11-23-20(26)18-9-4-10-27-18/h1-10H,11-12H2,(H,23,26). The molecule has 0 saturated carbocycles. The van der Waals surface area contributed by atoms with Crippen molar-refractivity contribution in [2.75, 3.05) is 0 Å². The van der Waals surface area contributed by atoms with E-state index < -0.39 is 0 Å². The van der Waals surface area contributed by atoms with Crippen LogP contribution in [0.3, 0.4) is 0 Å². The molecule has 1 N–H and O–H groups in total. The van der Waals surface area contributed by atoms with Crippen LogP contribution in [0.1, 0.15) is 21.9 Å². The second kappa shape index (κ2) is 7.25. The Kier molecular flexibility index (Phi) is 4.64. The number of halogens is 2. The molecule has 2 heterocycles. The van der Waals surface area contributed by atoms with Crippen LogP contribution in [0.25, 0.3) is 11.0 Å². The molecule has 27 heavy (non-hydrogen) atoms. The van der Waals surface area contributed by atoms with Crippen molar-refractivity contribution < 1.29 is 13.6 Å². The highest BCUT2D eigenvalue weighted by molar-refractivity contribution is 6.31. The number of amides is 1. The Morgan fingerprint density at radius 2 is 2.00 bits per heavy atom. The maximum atomic E-state index is 14.3. The first-order valence-corrected chi connectivity index (χ1v) is 8.70. The number of rotatable bonds is 5. The minimum Gasteiger partial charge on any atom is -0.459 e. The van der Waals surface area contributed by atoms with Gasteiger partial charge in [0.15, 0.2) is 5.76 Å². The van der Waals surface area contributed by atoms with E-state index in [0.717, 1.165) is 11.0 Å². The first kappa shape index (κ1) is 17.3. The third-order valence-corrected chi connectivity index (χ3v) is 4.62. The van der Waals surface area contributed by atoms with Crippen molar-refractivity contribution in [3.63, 3.8) is 0 Å². The molecule has 0 saturated heterocycles. The number of aromatic nitrogens is 2. The Labute approximate surface area is 159 Å². The second-order valence-electron chi connectivity index (χ2n) is 5.96. The molecule has 2 aromatic carbocycles. The monoisotopic (exact) mass is 383 g/mol. The lowest BCUT2D eigenvalue weighted by Crippen LogP contribution is -2.24. The van der Waals surface area contributed by atoms with Gasteiger partial charge in [0.1, 0.15) is 11.6 Å². The largest absolute Gasteiger partial charge is 0.459 e. The van der Waals surface area contributed by atoms with Gasteiger partial charge in [-0.3, -0.25) is 4.79 Å². The van der Waals surface area contributed by atoms with Crippen LogP contribution in [0.5, 0.6) is 0 Å². The van der Waals surface area contributed by atoms with Crippen molar-refractivity contribution in [2.45, 2.75) is 13.1 Å². The van der Waals surface area contributed by atoms with Crippen LogP contribution < -0.4 is 5.32 Å². The molecule has 136 valence electrons. The summed E-state index contributed by atoms with van der Waals surface area (Å²) in [4.78, 5) is 16.7. The summed E-state index contributed by atoms with van der Waals surface area (Å²) in [5.41, 5.74) is 1.97. The van der Waals surface area contributed by atoms with Crippen LogP contribution in [0.4, 0.5) is 4.39 Å². The van der Waals surface area contributed by atoms with Gasteiger partial charge in [-0.15, -0.1) is 0 Å². The third-order valence-electron chi connectivity index (χ3n) is 4.26. The van der Waals surface area contributed by atoms with Gasteiger partial charge in [-0.1, -0.05) is 29.8 Å². The first-order valence-electron chi connectivity index (χ1n) is 8.32. The number of hydrogen-bond donors (Lipinski definition) is 1. The van der Waals surface area contributed by atoms with E-state index >= 15 is 0 Å². The topological polar surface area (TPSA) is 60.1 Å². The molecule has 0 aliphatic rings. The van der Waals surface area contributed by atoms with Crippen molar-refractivity contribution in [1.29, 1.82) is 0 Å². The van der Waals surface area contributed by atoms with Crippen molar-refractivity contribution in [1.82, 2.24) is 14.9 Å². The van der Waals surface area contributed by atoms with Crippen molar-refractivity contribution in [3.8, 4) is 0 Å². The predicted octanol–water partition coefficient (Wildman–Crippen LogP) is 4.40. The van der Waals surface area contributed by atoms with Gasteiger partial charge in [0.25, 0.3) is 5.91 Å². The Morgan fingerprint density at radius 1 is 1.15 bits per heavy atom. The Bertz CT molecular complexity index is 1090. The molecule has 0 aliphatic heterocycles. The number of nitrogens with zero attached hydrogens (tertiary/aromatic N) is 2. The van der Waals surface area contributed by atoms with Crippen LogP contribution in [0.2, 0.25) is 5.02 Å². The van der Waals surface area contributed by atoms with Crippen molar-refractivity contribution in [2.24, 2.45) is 0 Å². The van der Waals surface area contributed by atoms with E-state index in [0.29, 0.717) is 16.4 Å². The quantitative estimate of drug-likeness (QED) is 0.555. The Hall–Kier alpha value is -3.12. The molecule has 0 spiro atoms. The molecule has 7 heteroatoms. The van der Waals surface area contributed by atoms with Crippen molar-refractivity contribution in [3.05, 3.63) is 88.8 Å². The molecule has 1 amide bonds. The maximum absolute atomic E-state index is 14.3. The summed E-state index contributed by atoms with van der Waals surface area (Å²) in [6.45, 7) is 0.373. The molecular weight excluding hydrogens is 369 g/mol. The predicted molar refractivity (Wildman–Crippen MR) is 100 cm³/mol. The lowest BCUT2D eigenvalue weighted by Gasteiger charge is -2.12. The summed E-state index contributed by atoms with van der Waals surface area (Å²) in [5.74, 6) is 0.0821. The zero-order valence-corrected chi connectivity index (χ0v) is 14.9. The number of carbonyl (C=O) groups is 1. The summed E-state index contributed by atoms with van der Waals surface area (Å²) in [5, 5.41) is 3.12. The van der Waals surface area contributed by atoms with Gasteiger partial charge in [-0.05, 0) is 36.4 Å². The molecule has 2 aromatic heterocycles. The fourth-order valence-corrected chi connectivity index (χ4v) is 3.16. The van der Waals surface area contributed by atoms with E-state index in [1.54, 1.807) is 24.3 Å². The number of para-hydroxylation sites is 2. The molecule has 0 radical (unpaired) electrons. The average molecular weight is 384 g/mol. The Balaban J connectivity index is 1.68. The molecule has 0 fully saturated rings. The van der Waals surface area contributed by atoms with E-state index in [1.165, 1.54) is 12.3 Å². The van der Waals surface area contributed by atoms with Crippen molar-refractivity contribution >= 4 is 28.5 Å². The van der Waals surface area contributed by atoms with Gasteiger partial charge in [-0.2, -0.15) is 0 Å². The highest BCUT2D eigenvalue weighted by Gasteiger charge is 2.16. The Morgan fingerprint density at radius 3 is 2.78 bits per heavy atom. The summed E-state index contributed by atoms with van der Waals surface area (Å²) in [6, 6.07) is 15.3. The number of carbonyl (C=O) groups excluding carboxylic acids is 1. The lowest BCUT2D eigenvalue weighted by atomic mass is 10.2. The number of hydrogen-bond acceptors (Lipinski definition) is 3. The molecule has 0 atom stereocenters. The fraction of sp³-hybridized carbons (Fsp3) is 0.100. The van der Waals surface area contributed by atoms with E-state index in [4.69, 9.17) is 16.0 Å². The first-order chi connectivity index (χ1) is 13.1. The van der Waals surface area contributed by atoms with E-state index in [2.05, 4.69) is 10.3 Å². The summed E-state index contributed by atoms with van der Waals surface area (Å²) >= 11 is 6.19. The van der Waals surface area contributed by atoms with Crippen LogP contribution >= 0.6 is 11.6 Å². The summed E-state index contributed by atoms with van der Waals surface area (Å²) < 4.78 is 21.2. The van der Waals surface area contributed by atoms with Gasteiger partial charge in [0.2, 0.25) is 0 Å². The van der Waals surface area contributed by atoms with E-state index in [1.807, 2.05) is 28.8 Å². The number of benzene rings is 2. The lowest BCUT2D eigenvalue weighted by molar-refractivity contribution is 0.0922. The van der Waals surface area contributed by atoms with Crippen LogP contribution in [-0.2, 0) is 13.1 Å². The number of imidazole rings is 1. The van der Waals surface area contributed by atoms with Gasteiger partial charge < -0.3 is 14.3 Å². The van der Waals surface area contributed by atoms with Crippen LogP contribution in [0.15, 0.2) is 65.3 Å². The van der Waals surface area contributed by atoms with Gasteiger partial charge in [0, 0.05) is 10.6 Å². The molecule has 0 unspecified atom stereocenters. The van der Waals surface area contributed by atoms with Gasteiger partial charge in [0.05, 0.1) is 30.4 Å². The molecule has 4 rings (SSSR count). The molecule has 4 aromatic rings. The highest BCUT2D eigenvalue weighted by atomic mass is 35.5. The highest BCUT2D eigenvalue weighted by Crippen LogP contribution is 2.24.